The molecule has 0 radical (unpaired) electrons. The van der Waals surface area contributed by atoms with Crippen molar-refractivity contribution in [3.63, 3.8) is 0 Å². The maximum absolute atomic E-state index is 11.8. The Morgan fingerprint density at radius 1 is 1.10 bits per heavy atom. The highest BCUT2D eigenvalue weighted by atomic mass is 35.5. The topological polar surface area (TPSA) is 49.3 Å². The van der Waals surface area contributed by atoms with Crippen LogP contribution in [0.5, 0.6) is 5.75 Å². The van der Waals surface area contributed by atoms with E-state index in [1.165, 1.54) is 0 Å². The molecule has 1 atom stereocenters. The van der Waals surface area contributed by atoms with E-state index in [0.717, 1.165) is 5.56 Å². The molecule has 0 saturated heterocycles. The van der Waals surface area contributed by atoms with Crippen molar-refractivity contribution in [1.82, 2.24) is 5.32 Å². The van der Waals surface area contributed by atoms with E-state index in [1.54, 1.807) is 24.3 Å². The summed E-state index contributed by atoms with van der Waals surface area (Å²) < 4.78 is 0. The summed E-state index contributed by atoms with van der Waals surface area (Å²) in [5.74, 6) is -0.0267. The van der Waals surface area contributed by atoms with Crippen molar-refractivity contribution >= 4 is 17.5 Å². The minimum absolute atomic E-state index is 0.133. The predicted molar refractivity (Wildman–Crippen MR) is 79.9 cm³/mol. The van der Waals surface area contributed by atoms with Crippen molar-refractivity contribution in [3.8, 4) is 5.75 Å². The summed E-state index contributed by atoms with van der Waals surface area (Å²) in [6.45, 7) is 0.359. The van der Waals surface area contributed by atoms with E-state index in [9.17, 15) is 9.90 Å². The lowest BCUT2D eigenvalue weighted by molar-refractivity contribution is -0.120. The van der Waals surface area contributed by atoms with Gasteiger partial charge in [0.25, 0.3) is 0 Å². The van der Waals surface area contributed by atoms with Gasteiger partial charge in [0.05, 0.1) is 11.8 Å². The third-order valence-electron chi connectivity index (χ3n) is 2.98. The van der Waals surface area contributed by atoms with E-state index in [4.69, 9.17) is 11.6 Å². The highest BCUT2D eigenvalue weighted by Gasteiger charge is 2.11. The molecule has 20 heavy (non-hydrogen) atoms. The van der Waals surface area contributed by atoms with Crippen molar-refractivity contribution in [2.45, 2.75) is 11.8 Å². The number of benzene rings is 2. The standard InChI is InChI=1S/C16H16ClNO2/c17-14(12-6-2-1-3-7-12)11-18-16(20)10-13-8-4-5-9-15(13)19/h1-9,14,19H,10-11H2,(H,18,20). The summed E-state index contributed by atoms with van der Waals surface area (Å²) in [7, 11) is 0. The lowest BCUT2D eigenvalue weighted by Crippen LogP contribution is -2.28. The van der Waals surface area contributed by atoms with Crippen LogP contribution < -0.4 is 5.32 Å². The van der Waals surface area contributed by atoms with Crippen molar-refractivity contribution in [3.05, 3.63) is 65.7 Å². The normalized spacial score (nSPS) is 11.8. The molecule has 0 heterocycles. The summed E-state index contributed by atoms with van der Waals surface area (Å²) in [5.41, 5.74) is 1.58. The molecule has 2 aromatic rings. The van der Waals surface area contributed by atoms with E-state index < -0.39 is 0 Å². The maximum atomic E-state index is 11.8. The van der Waals surface area contributed by atoms with Crippen LogP contribution >= 0.6 is 11.6 Å². The number of aromatic hydroxyl groups is 1. The lowest BCUT2D eigenvalue weighted by Gasteiger charge is -2.11. The molecule has 1 unspecified atom stereocenters. The average Bonchev–Trinajstić information content (AvgIpc) is 2.48. The number of amides is 1. The Hall–Kier alpha value is -2.00. The number of rotatable bonds is 5. The van der Waals surface area contributed by atoms with Crippen LogP contribution in [0.4, 0.5) is 0 Å². The van der Waals surface area contributed by atoms with Crippen LogP contribution in [0.3, 0.4) is 0 Å². The van der Waals surface area contributed by atoms with Gasteiger partial charge in [0.1, 0.15) is 5.75 Å². The summed E-state index contributed by atoms with van der Waals surface area (Å²) in [6, 6.07) is 16.4. The fraction of sp³-hybridized carbons (Fsp3) is 0.188. The van der Waals surface area contributed by atoms with Crippen molar-refractivity contribution in [1.29, 1.82) is 0 Å². The van der Waals surface area contributed by atoms with Gasteiger partial charge in [0, 0.05) is 12.1 Å². The van der Waals surface area contributed by atoms with Gasteiger partial charge in [-0.25, -0.2) is 0 Å². The largest absolute Gasteiger partial charge is 0.508 e. The van der Waals surface area contributed by atoms with Gasteiger partial charge in [-0.15, -0.1) is 11.6 Å². The van der Waals surface area contributed by atoms with Gasteiger partial charge in [-0.2, -0.15) is 0 Å². The molecule has 4 heteroatoms. The zero-order valence-corrected chi connectivity index (χ0v) is 11.7. The number of nitrogens with one attached hydrogen (secondary N) is 1. The van der Waals surface area contributed by atoms with Gasteiger partial charge in [0.2, 0.25) is 5.91 Å². The Morgan fingerprint density at radius 3 is 2.45 bits per heavy atom. The molecule has 0 saturated carbocycles. The minimum atomic E-state index is -0.260. The first-order valence-electron chi connectivity index (χ1n) is 6.39. The van der Waals surface area contributed by atoms with E-state index in [2.05, 4.69) is 5.32 Å². The molecule has 0 aromatic heterocycles. The summed E-state index contributed by atoms with van der Waals surface area (Å²) in [6.07, 6.45) is 0.144. The number of para-hydroxylation sites is 1. The molecule has 3 nitrogen and oxygen atoms in total. The second-order valence-electron chi connectivity index (χ2n) is 4.49. The van der Waals surface area contributed by atoms with Gasteiger partial charge in [-0.05, 0) is 11.6 Å². The Labute approximate surface area is 123 Å². The first kappa shape index (κ1) is 14.4. The van der Waals surface area contributed by atoms with Crippen molar-refractivity contribution in [2.24, 2.45) is 0 Å². The smallest absolute Gasteiger partial charge is 0.224 e. The monoisotopic (exact) mass is 289 g/mol. The second-order valence-corrected chi connectivity index (χ2v) is 5.01. The molecule has 0 fully saturated rings. The van der Waals surface area contributed by atoms with Crippen LogP contribution in [0.2, 0.25) is 0 Å². The van der Waals surface area contributed by atoms with Crippen molar-refractivity contribution in [2.75, 3.05) is 6.54 Å². The van der Waals surface area contributed by atoms with Crippen LogP contribution in [-0.2, 0) is 11.2 Å². The van der Waals surface area contributed by atoms with E-state index in [1.807, 2.05) is 30.3 Å². The molecule has 0 spiro atoms. The molecule has 0 bridgehead atoms. The highest BCUT2D eigenvalue weighted by Crippen LogP contribution is 2.19. The average molecular weight is 290 g/mol. The number of hydrogen-bond donors (Lipinski definition) is 2. The Bertz CT molecular complexity index is 572. The fourth-order valence-corrected chi connectivity index (χ4v) is 2.10. The molecule has 104 valence electrons. The van der Waals surface area contributed by atoms with Gasteiger partial charge >= 0.3 is 0 Å². The first-order chi connectivity index (χ1) is 9.66. The molecular formula is C16H16ClNO2. The van der Waals surface area contributed by atoms with Gasteiger partial charge in [-0.3, -0.25) is 4.79 Å². The number of halogens is 1. The molecular weight excluding hydrogens is 274 g/mol. The SMILES string of the molecule is O=C(Cc1ccccc1O)NCC(Cl)c1ccccc1. The Balaban J connectivity index is 1.85. The van der Waals surface area contributed by atoms with E-state index in [0.29, 0.717) is 12.1 Å². The molecule has 0 aliphatic rings. The zero-order valence-electron chi connectivity index (χ0n) is 10.9. The molecule has 2 N–H and O–H groups in total. The summed E-state index contributed by atoms with van der Waals surface area (Å²) in [5, 5.41) is 12.1. The maximum Gasteiger partial charge on any atom is 0.224 e. The van der Waals surface area contributed by atoms with Crippen LogP contribution in [0.15, 0.2) is 54.6 Å². The number of phenolic OH excluding ortho intramolecular Hbond substituents is 1. The van der Waals surface area contributed by atoms with Crippen molar-refractivity contribution < 1.29 is 9.90 Å². The Morgan fingerprint density at radius 2 is 1.75 bits per heavy atom. The Kier molecular flexibility index (Phi) is 5.02. The van der Waals surface area contributed by atoms with Gasteiger partial charge < -0.3 is 10.4 Å². The molecule has 0 aliphatic carbocycles. The molecule has 2 aromatic carbocycles. The quantitative estimate of drug-likeness (QED) is 0.831. The number of phenols is 1. The number of carbonyl (C=O) groups is 1. The lowest BCUT2D eigenvalue weighted by atomic mass is 10.1. The number of hydrogen-bond acceptors (Lipinski definition) is 2. The van der Waals surface area contributed by atoms with Gasteiger partial charge in [-0.1, -0.05) is 48.5 Å². The summed E-state index contributed by atoms with van der Waals surface area (Å²) in [4.78, 5) is 11.8. The second kappa shape index (κ2) is 6.96. The third kappa shape index (κ3) is 4.00. The number of carbonyl (C=O) groups excluding carboxylic acids is 1. The number of alkyl halides is 1. The predicted octanol–water partition coefficient (Wildman–Crippen LogP) is 3.03. The highest BCUT2D eigenvalue weighted by molar-refractivity contribution is 6.21. The molecule has 1 amide bonds. The molecule has 0 aliphatic heterocycles. The molecule has 2 rings (SSSR count). The fourth-order valence-electron chi connectivity index (χ4n) is 1.88. The van der Waals surface area contributed by atoms with Crippen LogP contribution in [0.25, 0.3) is 0 Å². The minimum Gasteiger partial charge on any atom is -0.508 e. The van der Waals surface area contributed by atoms with Gasteiger partial charge in [0.15, 0.2) is 0 Å². The summed E-state index contributed by atoms with van der Waals surface area (Å²) >= 11 is 6.22. The van der Waals surface area contributed by atoms with Crippen LogP contribution in [-0.4, -0.2) is 17.6 Å². The third-order valence-corrected chi connectivity index (χ3v) is 3.39. The van der Waals surface area contributed by atoms with E-state index in [-0.39, 0.29) is 23.5 Å². The zero-order chi connectivity index (χ0) is 14.4. The van der Waals surface area contributed by atoms with E-state index >= 15 is 0 Å². The van der Waals surface area contributed by atoms with Crippen LogP contribution in [0.1, 0.15) is 16.5 Å². The first-order valence-corrected chi connectivity index (χ1v) is 6.83. The van der Waals surface area contributed by atoms with Crippen LogP contribution in [0, 0.1) is 0 Å².